The second-order valence-electron chi connectivity index (χ2n) is 36.1. The number of benzene rings is 6. The predicted octanol–water partition coefficient (Wildman–Crippen LogP) is 23.4. The first-order valence-corrected chi connectivity index (χ1v) is 49.2. The van der Waals surface area contributed by atoms with Gasteiger partial charge in [-0.2, -0.15) is 30.6 Å². The van der Waals surface area contributed by atoms with Crippen LogP contribution in [0.4, 0.5) is 26.3 Å². The van der Waals surface area contributed by atoms with Gasteiger partial charge in [0.15, 0.2) is 0 Å². The molecular weight excluding hydrogens is 1690 g/mol. The van der Waals surface area contributed by atoms with Gasteiger partial charge < -0.3 is 34.6 Å². The lowest BCUT2D eigenvalue weighted by atomic mass is 9.89. The van der Waals surface area contributed by atoms with E-state index in [0.29, 0.717) is 5.92 Å². The van der Waals surface area contributed by atoms with Crippen molar-refractivity contribution in [2.45, 2.75) is 230 Å². The standard InChI is InChI=1S/C22H32FN3.C21H30FN3O.2C17H24FN3.C16H22FN3.C15H21FN4/c1-3-4-14-25(2)16-20-17-26(15-18-8-6-5-7-9-18)24-22(20)19-10-12-21(23)13-11-19;1-3-4-11-24(2)16-19-14-23-25(15-17-9-12-26-13-10-17)21(19)18-5-7-20(22)8-6-18;1-4-6-11-20(3)12-15-13-21(5-2)19-17(15)14-7-9-16(18)10-8-14;1-4-6-11-20(3)13-15-12-19-21(5-2)17(15)14-7-9-16(18)10-8-14;1-4-5-10-19(2)12-14-11-18-20(3)16(14)13-6-8-15(17)9-7-13;1-3-20(9-8-17-2)11-13-10-18-19-15(13)12-4-6-14(16)7-5-12/h10-13,17-18H,3-9,14-16H2,1-2H3;5-8,14,17H,3-4,9-13,15-16H2,1-2H3;7-10,13H,4-6,11-12H2,1-3H3;7-10,12H,4-6,11,13H2,1-3H3;6-9,11H,4-5,10,12H2,1-3H3;4-7,10,17H,3,8-9,11H2,1-2H3,(H,18,19). The Balaban J connectivity index is 0.000000181. The molecule has 2 fully saturated rings. The number of aryl methyl sites for hydroxylation is 3. The molecule has 6 aromatic carbocycles. The second kappa shape index (κ2) is 58.3. The van der Waals surface area contributed by atoms with Crippen LogP contribution in [0.15, 0.2) is 183 Å². The molecule has 1 saturated carbocycles. The topological polar surface area (TPSA) is 158 Å². The van der Waals surface area contributed by atoms with Crippen LogP contribution in [-0.4, -0.2) is 196 Å². The Morgan fingerprint density at radius 1 is 0.373 bits per heavy atom. The van der Waals surface area contributed by atoms with E-state index in [4.69, 9.17) is 14.9 Å². The summed E-state index contributed by atoms with van der Waals surface area (Å²) in [5.74, 6) is 0.0848. The van der Waals surface area contributed by atoms with Gasteiger partial charge in [0.2, 0.25) is 0 Å². The van der Waals surface area contributed by atoms with Gasteiger partial charge in [-0.15, -0.1) is 0 Å². The molecule has 0 radical (unpaired) electrons. The molecule has 728 valence electrons. The number of halogens is 6. The van der Waals surface area contributed by atoms with Gasteiger partial charge in [-0.3, -0.25) is 33.4 Å². The number of unbranched alkanes of at least 4 members (excludes halogenated alkanes) is 5. The Hall–Kier alpha value is -10.2. The third-order valence-electron chi connectivity index (χ3n) is 24.7. The van der Waals surface area contributed by atoms with E-state index >= 15 is 0 Å². The fourth-order valence-electron chi connectivity index (χ4n) is 17.0. The molecule has 2 N–H and O–H groups in total. The van der Waals surface area contributed by atoms with E-state index in [9.17, 15) is 26.3 Å². The minimum Gasteiger partial charge on any atom is -0.381 e. The van der Waals surface area contributed by atoms with Crippen LogP contribution >= 0.6 is 0 Å². The normalized spacial score (nSPS) is 13.0. The summed E-state index contributed by atoms with van der Waals surface area (Å²) in [6, 6.07) is 39.9. The molecule has 12 aromatic rings. The van der Waals surface area contributed by atoms with Gasteiger partial charge in [0.05, 0.1) is 59.0 Å². The summed E-state index contributed by atoms with van der Waals surface area (Å²) in [6.45, 7) is 36.1. The SMILES string of the molecule is CCCCN(C)Cc1cn(CC)nc1-c1ccc(F)cc1.CCCCN(C)Cc1cn(CC2CCCCC2)nc1-c1ccc(F)cc1.CCCCN(C)Cc1cnn(C)c1-c1ccc(F)cc1.CCCCN(C)Cc1cnn(CC)c1-c1ccc(F)cc1.CCCCN(C)Cc1cnn(CC2CCOCC2)c1-c1ccc(F)cc1.CCN(CCNC)Cc1cn[nH]c1-c1ccc(F)cc1. The lowest BCUT2D eigenvalue weighted by Crippen LogP contribution is -2.30. The van der Waals surface area contributed by atoms with Gasteiger partial charge in [0, 0.05) is 178 Å². The van der Waals surface area contributed by atoms with Crippen LogP contribution < -0.4 is 5.32 Å². The summed E-state index contributed by atoms with van der Waals surface area (Å²) < 4.78 is 94.5. The number of hydrogen-bond acceptors (Lipinski definition) is 14. The Morgan fingerprint density at radius 3 is 1.13 bits per heavy atom. The van der Waals surface area contributed by atoms with E-state index < -0.39 is 0 Å². The molecule has 14 rings (SSSR count). The van der Waals surface area contributed by atoms with Crippen LogP contribution in [0.25, 0.3) is 67.5 Å². The number of ether oxygens (including phenoxy) is 1. The average molecular weight is 1850 g/mol. The van der Waals surface area contributed by atoms with Crippen molar-refractivity contribution in [3.63, 3.8) is 0 Å². The molecule has 2 aliphatic rings. The molecule has 0 bridgehead atoms. The number of nitrogens with zero attached hydrogens (tertiary/aromatic N) is 17. The predicted molar refractivity (Wildman–Crippen MR) is 536 cm³/mol. The van der Waals surface area contributed by atoms with Crippen LogP contribution in [-0.2, 0) is 77.2 Å². The summed E-state index contributed by atoms with van der Waals surface area (Å²) in [5, 5.41) is 33.3. The summed E-state index contributed by atoms with van der Waals surface area (Å²) in [4.78, 5) is 14.0. The summed E-state index contributed by atoms with van der Waals surface area (Å²) in [6.07, 6.45) is 32.8. The summed E-state index contributed by atoms with van der Waals surface area (Å²) in [5.41, 5.74) is 19.4. The molecule has 0 spiro atoms. The lowest BCUT2D eigenvalue weighted by molar-refractivity contribution is 0.0603. The van der Waals surface area contributed by atoms with Crippen molar-refractivity contribution in [2.75, 3.05) is 108 Å². The Kier molecular flexibility index (Phi) is 46.8. The maximum atomic E-state index is 13.4. The van der Waals surface area contributed by atoms with Gasteiger partial charge in [0.25, 0.3) is 0 Å². The molecule has 0 atom stereocenters. The number of H-pyrrole nitrogens is 1. The van der Waals surface area contributed by atoms with Crippen molar-refractivity contribution in [3.8, 4) is 67.5 Å². The first-order chi connectivity index (χ1) is 65.0. The van der Waals surface area contributed by atoms with Crippen molar-refractivity contribution in [2.24, 2.45) is 18.9 Å². The second-order valence-corrected chi connectivity index (χ2v) is 36.1. The fraction of sp³-hybridized carbons (Fsp3) is 0.500. The zero-order valence-electron chi connectivity index (χ0n) is 82.9. The van der Waals surface area contributed by atoms with E-state index in [-0.39, 0.29) is 34.9 Å². The van der Waals surface area contributed by atoms with Gasteiger partial charge in [-0.05, 0) is 311 Å². The Morgan fingerprint density at radius 2 is 0.731 bits per heavy atom. The quantitative estimate of drug-likeness (QED) is 0.0348. The van der Waals surface area contributed by atoms with Gasteiger partial charge >= 0.3 is 0 Å². The molecule has 1 aliphatic heterocycles. The minimum atomic E-state index is -0.223. The third-order valence-corrected chi connectivity index (χ3v) is 24.7. The molecular formula is C108H153F6N19O. The van der Waals surface area contributed by atoms with Gasteiger partial charge in [-0.25, -0.2) is 26.3 Å². The number of aromatic amines is 1. The maximum Gasteiger partial charge on any atom is 0.123 e. The Bertz CT molecular complexity index is 5180. The van der Waals surface area contributed by atoms with E-state index in [0.717, 1.165) is 223 Å². The zero-order valence-corrected chi connectivity index (χ0v) is 82.9. The summed E-state index contributed by atoms with van der Waals surface area (Å²) >= 11 is 0. The molecule has 0 amide bonds. The first kappa shape index (κ1) is 108. The maximum absolute atomic E-state index is 13.4. The van der Waals surface area contributed by atoms with Crippen LogP contribution in [0.2, 0.25) is 0 Å². The molecule has 0 unspecified atom stereocenters. The van der Waals surface area contributed by atoms with Crippen molar-refractivity contribution in [1.82, 2.24) is 93.8 Å². The highest BCUT2D eigenvalue weighted by atomic mass is 19.1. The smallest absolute Gasteiger partial charge is 0.123 e. The van der Waals surface area contributed by atoms with Crippen LogP contribution in [0.3, 0.4) is 0 Å². The minimum absolute atomic E-state index is 0.197. The monoisotopic (exact) mass is 1850 g/mol. The molecule has 1 aliphatic carbocycles. The number of aromatic nitrogens is 12. The molecule has 7 heterocycles. The number of likely N-dealkylation sites (N-methyl/N-ethyl adjacent to an activating group) is 2. The summed E-state index contributed by atoms with van der Waals surface area (Å²) in [7, 11) is 14.6. The number of rotatable bonds is 43. The van der Waals surface area contributed by atoms with Crippen molar-refractivity contribution in [1.29, 1.82) is 0 Å². The van der Waals surface area contributed by atoms with Crippen LogP contribution in [0.5, 0.6) is 0 Å². The first-order valence-electron chi connectivity index (χ1n) is 49.2. The molecule has 6 aromatic heterocycles. The highest BCUT2D eigenvalue weighted by molar-refractivity contribution is 5.67. The number of nitrogens with one attached hydrogen (secondary N) is 2. The lowest BCUT2D eigenvalue weighted by Gasteiger charge is -2.23. The van der Waals surface area contributed by atoms with Crippen LogP contribution in [0, 0.1) is 46.7 Å². The van der Waals surface area contributed by atoms with E-state index in [1.165, 1.54) is 197 Å². The van der Waals surface area contributed by atoms with E-state index in [1.54, 1.807) is 24.3 Å². The largest absolute Gasteiger partial charge is 0.381 e. The van der Waals surface area contributed by atoms with E-state index in [1.807, 2.05) is 101 Å². The van der Waals surface area contributed by atoms with Gasteiger partial charge in [-0.1, -0.05) is 92.9 Å². The molecule has 134 heavy (non-hydrogen) atoms. The highest BCUT2D eigenvalue weighted by Gasteiger charge is 2.24. The van der Waals surface area contributed by atoms with Crippen LogP contribution in [0.1, 0.15) is 198 Å². The van der Waals surface area contributed by atoms with Crippen molar-refractivity contribution >= 4 is 0 Å². The number of hydrogen-bond donors (Lipinski definition) is 2. The van der Waals surface area contributed by atoms with E-state index in [2.05, 4.69) is 173 Å². The fourth-order valence-corrected chi connectivity index (χ4v) is 17.0. The highest BCUT2D eigenvalue weighted by Crippen LogP contribution is 2.34. The average Bonchev–Trinajstić information content (AvgIpc) is 1.64. The molecule has 1 saturated heterocycles. The van der Waals surface area contributed by atoms with Crippen molar-refractivity contribution in [3.05, 3.63) is 251 Å². The Labute approximate surface area is 795 Å². The van der Waals surface area contributed by atoms with Gasteiger partial charge in [0.1, 0.15) is 34.9 Å². The molecule has 26 heteroatoms. The van der Waals surface area contributed by atoms with Crippen molar-refractivity contribution < 1.29 is 31.1 Å². The zero-order chi connectivity index (χ0) is 96.1. The molecule has 20 nitrogen and oxygen atoms in total. The third kappa shape index (κ3) is 35.2.